The third kappa shape index (κ3) is 4.90. The Labute approximate surface area is 271 Å². The van der Waals surface area contributed by atoms with Crippen molar-refractivity contribution in [3.8, 4) is 0 Å². The summed E-state index contributed by atoms with van der Waals surface area (Å²) < 4.78 is 17.5. The van der Waals surface area contributed by atoms with Gasteiger partial charge in [-0.25, -0.2) is 0 Å². The highest BCUT2D eigenvalue weighted by Gasteiger charge is 2.71. The largest absolute Gasteiger partial charge is 0.464 e. The van der Waals surface area contributed by atoms with Crippen LogP contribution in [0.1, 0.15) is 113 Å². The molecule has 1 aliphatic heterocycles. The van der Waals surface area contributed by atoms with E-state index in [1.165, 1.54) is 5.57 Å². The number of hydrogen-bond donors (Lipinski definition) is 0. The van der Waals surface area contributed by atoms with Crippen molar-refractivity contribution in [2.75, 3.05) is 39.5 Å². The highest BCUT2D eigenvalue weighted by Crippen LogP contribution is 2.76. The second-order valence-electron chi connectivity index (χ2n) is 17.3. The van der Waals surface area contributed by atoms with Gasteiger partial charge in [0, 0.05) is 38.4 Å². The lowest BCUT2D eigenvalue weighted by Crippen LogP contribution is -2.66. The van der Waals surface area contributed by atoms with Crippen LogP contribution >= 0.6 is 0 Å². The Hall–Kier alpha value is -1.73. The Morgan fingerprint density at radius 3 is 2.29 bits per heavy atom. The van der Waals surface area contributed by atoms with Crippen molar-refractivity contribution in [2.45, 2.75) is 119 Å². The summed E-state index contributed by atoms with van der Waals surface area (Å²) >= 11 is 0. The zero-order valence-corrected chi connectivity index (χ0v) is 29.4. The molecule has 0 radical (unpaired) electrons. The topological polar surface area (TPSA) is 82.1 Å². The van der Waals surface area contributed by atoms with E-state index in [-0.39, 0.29) is 63.7 Å². The fraction of sp³-hybridized carbons (Fsp3) is 0.868. The molecule has 7 heteroatoms. The number of carbonyl (C=O) groups excluding carboxylic acids is 3. The zero-order valence-electron chi connectivity index (χ0n) is 29.4. The van der Waals surface area contributed by atoms with Gasteiger partial charge in [-0.3, -0.25) is 19.3 Å². The molecular formula is C38H59NO6. The van der Waals surface area contributed by atoms with Gasteiger partial charge in [0.25, 0.3) is 0 Å². The van der Waals surface area contributed by atoms with Crippen molar-refractivity contribution in [1.82, 2.24) is 4.90 Å². The predicted octanol–water partition coefficient (Wildman–Crippen LogP) is 6.77. The molecule has 252 valence electrons. The summed E-state index contributed by atoms with van der Waals surface area (Å²) in [4.78, 5) is 42.4. The lowest BCUT2D eigenvalue weighted by atomic mass is 9.33. The van der Waals surface area contributed by atoms with Gasteiger partial charge in [0.15, 0.2) is 5.78 Å². The van der Waals surface area contributed by atoms with E-state index < -0.39 is 5.41 Å². The Morgan fingerprint density at radius 2 is 1.62 bits per heavy atom. The first-order valence-corrected chi connectivity index (χ1v) is 18.0. The Kier molecular flexibility index (Phi) is 8.45. The van der Waals surface area contributed by atoms with Crippen molar-refractivity contribution in [2.24, 2.45) is 50.7 Å². The van der Waals surface area contributed by atoms with Crippen LogP contribution < -0.4 is 0 Å². The maximum absolute atomic E-state index is 14.2. The first kappa shape index (κ1) is 33.2. The van der Waals surface area contributed by atoms with Crippen molar-refractivity contribution in [3.63, 3.8) is 0 Å². The summed E-state index contributed by atoms with van der Waals surface area (Å²) in [5, 5.41) is 0. The molecule has 0 aromatic rings. The van der Waals surface area contributed by atoms with Gasteiger partial charge in [-0.05, 0) is 102 Å². The molecule has 0 amide bonds. The molecule has 0 bridgehead atoms. The number of allylic oxidation sites excluding steroid dienone is 1. The van der Waals surface area contributed by atoms with Gasteiger partial charge in [-0.1, -0.05) is 48.5 Å². The average Bonchev–Trinajstić information content (AvgIpc) is 3.28. The van der Waals surface area contributed by atoms with Gasteiger partial charge in [0.05, 0.1) is 18.6 Å². The number of ether oxygens (including phenoxy) is 3. The third-order valence-electron chi connectivity index (χ3n) is 14.8. The molecule has 5 fully saturated rings. The smallest absolute Gasteiger partial charge is 0.316 e. The van der Waals surface area contributed by atoms with Gasteiger partial charge in [0.2, 0.25) is 0 Å². The first-order valence-electron chi connectivity index (χ1n) is 18.0. The Balaban J connectivity index is 1.31. The molecular weight excluding hydrogens is 566 g/mol. The van der Waals surface area contributed by atoms with Crippen molar-refractivity contribution >= 4 is 17.7 Å². The lowest BCUT2D eigenvalue weighted by molar-refractivity contribution is -0.233. The molecule has 4 saturated carbocycles. The van der Waals surface area contributed by atoms with E-state index in [0.29, 0.717) is 31.4 Å². The summed E-state index contributed by atoms with van der Waals surface area (Å²) in [6, 6.07) is 0. The van der Waals surface area contributed by atoms with E-state index in [4.69, 9.17) is 14.2 Å². The minimum absolute atomic E-state index is 0.00154. The SMILES string of the molecule is CC(=O)O[C@H]1CC[C@]2(C)[C@H]3CC[C@@H]4C5=C(C(C)C)C(=O)C[C@]5(C(=O)OCCN5CCOCC5)CC[C@@]4(C)[C@]3(C)CC[C@H]2C1(C)C. The molecule has 6 rings (SSSR count). The molecule has 1 saturated heterocycles. The summed E-state index contributed by atoms with van der Waals surface area (Å²) in [6.45, 7) is 22.4. The van der Waals surface area contributed by atoms with Crippen LogP contribution in [-0.4, -0.2) is 68.2 Å². The molecule has 1 heterocycles. The molecule has 6 aliphatic rings. The van der Waals surface area contributed by atoms with Crippen LogP contribution in [0.15, 0.2) is 11.1 Å². The highest BCUT2D eigenvalue weighted by atomic mass is 16.5. The van der Waals surface area contributed by atoms with E-state index in [2.05, 4.69) is 53.4 Å². The summed E-state index contributed by atoms with van der Waals surface area (Å²) in [6.07, 6.45) is 8.30. The Morgan fingerprint density at radius 1 is 0.911 bits per heavy atom. The standard InChI is InChI=1S/C38H59NO6/c1-24(2)31-27(41)23-38(33(42)44-22-19-39-17-20-43-21-18-39)16-15-36(7)26(32(31)38)9-10-29-35(6)13-12-30(45-25(3)40)34(4,5)28(35)11-14-37(29,36)8/h24,26,28-30H,9-23H2,1-8H3/t26-,28+,29-,30+,35+,36-,37-,38-/m1/s1. The molecule has 0 N–H and O–H groups in total. The zero-order chi connectivity index (χ0) is 32.6. The van der Waals surface area contributed by atoms with Crippen molar-refractivity contribution in [3.05, 3.63) is 11.1 Å². The number of carbonyl (C=O) groups is 3. The maximum Gasteiger partial charge on any atom is 0.316 e. The van der Waals surface area contributed by atoms with E-state index in [1.807, 2.05) is 0 Å². The van der Waals surface area contributed by atoms with Gasteiger partial charge >= 0.3 is 11.9 Å². The van der Waals surface area contributed by atoms with Crippen molar-refractivity contribution < 1.29 is 28.6 Å². The van der Waals surface area contributed by atoms with Crippen LogP contribution in [-0.2, 0) is 28.6 Å². The third-order valence-corrected chi connectivity index (χ3v) is 14.8. The molecule has 45 heavy (non-hydrogen) atoms. The molecule has 0 aromatic heterocycles. The van der Waals surface area contributed by atoms with Crippen molar-refractivity contribution in [1.29, 1.82) is 0 Å². The summed E-state index contributed by atoms with van der Waals surface area (Å²) in [7, 11) is 0. The minimum atomic E-state index is -0.805. The fourth-order valence-corrected chi connectivity index (χ4v) is 12.5. The second kappa shape index (κ2) is 11.5. The molecule has 5 aliphatic carbocycles. The van der Waals surface area contributed by atoms with Gasteiger partial charge in [-0.2, -0.15) is 0 Å². The lowest BCUT2D eigenvalue weighted by Gasteiger charge is -2.72. The van der Waals surface area contributed by atoms with Gasteiger partial charge in [-0.15, -0.1) is 0 Å². The van der Waals surface area contributed by atoms with Gasteiger partial charge < -0.3 is 14.2 Å². The van der Waals surface area contributed by atoms with Crippen LogP contribution in [0, 0.1) is 50.7 Å². The summed E-state index contributed by atoms with van der Waals surface area (Å²) in [5.41, 5.74) is 1.47. The first-order chi connectivity index (χ1) is 21.1. The van der Waals surface area contributed by atoms with E-state index >= 15 is 0 Å². The number of Topliss-reactive ketones (excluding diaryl/α,β-unsaturated/α-hetero) is 1. The van der Waals surface area contributed by atoms with Crippen LogP contribution in [0.25, 0.3) is 0 Å². The number of ketones is 1. The quantitative estimate of drug-likeness (QED) is 0.301. The molecule has 0 aromatic carbocycles. The average molecular weight is 626 g/mol. The highest BCUT2D eigenvalue weighted by molar-refractivity contribution is 6.06. The number of esters is 2. The number of morpholine rings is 1. The number of hydrogen-bond acceptors (Lipinski definition) is 7. The van der Waals surface area contributed by atoms with E-state index in [1.54, 1.807) is 6.92 Å². The molecule has 7 nitrogen and oxygen atoms in total. The normalized spacial score (nSPS) is 42.8. The van der Waals surface area contributed by atoms with Crippen LogP contribution in [0.5, 0.6) is 0 Å². The number of fused-ring (bicyclic) bond motifs is 7. The minimum Gasteiger partial charge on any atom is -0.464 e. The fourth-order valence-electron chi connectivity index (χ4n) is 12.5. The molecule has 0 unspecified atom stereocenters. The van der Waals surface area contributed by atoms with Gasteiger partial charge in [0.1, 0.15) is 12.7 Å². The Bertz CT molecular complexity index is 1250. The molecule has 0 spiro atoms. The van der Waals surface area contributed by atoms with E-state index in [9.17, 15) is 14.4 Å². The van der Waals surface area contributed by atoms with Crippen LogP contribution in [0.3, 0.4) is 0 Å². The predicted molar refractivity (Wildman–Crippen MR) is 173 cm³/mol. The molecule has 8 atom stereocenters. The van der Waals surface area contributed by atoms with Crippen LogP contribution in [0.4, 0.5) is 0 Å². The summed E-state index contributed by atoms with van der Waals surface area (Å²) in [5.74, 6) is 1.19. The number of rotatable bonds is 6. The monoisotopic (exact) mass is 625 g/mol. The second-order valence-corrected chi connectivity index (χ2v) is 17.3. The van der Waals surface area contributed by atoms with E-state index in [0.717, 1.165) is 76.8 Å². The van der Waals surface area contributed by atoms with Crippen LogP contribution in [0.2, 0.25) is 0 Å². The number of nitrogens with zero attached hydrogens (tertiary/aromatic N) is 1. The maximum atomic E-state index is 14.2.